The van der Waals surface area contributed by atoms with Crippen LogP contribution in [0.3, 0.4) is 0 Å². The van der Waals surface area contributed by atoms with Crippen LogP contribution in [0.25, 0.3) is 0 Å². The Morgan fingerprint density at radius 3 is 2.41 bits per heavy atom. The normalized spacial score (nSPS) is 29.8. The lowest BCUT2D eigenvalue weighted by atomic mass is 9.85. The van der Waals surface area contributed by atoms with Crippen molar-refractivity contribution in [2.24, 2.45) is 11.8 Å². The van der Waals surface area contributed by atoms with Crippen LogP contribution >= 0.6 is 0 Å². The minimum Gasteiger partial charge on any atom is -0.444 e. The number of amides is 1. The monoisotopic (exact) mass is 239 g/mol. The topological polar surface area (TPSA) is 38.3 Å². The SMILES string of the molecule is CC(C)(C)OC(=O)N[C@H]1C[C@@H]1C1CCCCC1. The summed E-state index contributed by atoms with van der Waals surface area (Å²) in [6.07, 6.45) is 7.77. The van der Waals surface area contributed by atoms with E-state index in [2.05, 4.69) is 5.32 Å². The Balaban J connectivity index is 1.70. The van der Waals surface area contributed by atoms with Gasteiger partial charge >= 0.3 is 6.09 Å². The standard InChI is InChI=1S/C14H25NO2/c1-14(2,3)17-13(16)15-12-9-11(12)10-7-5-4-6-8-10/h10-12H,4-9H2,1-3H3,(H,15,16)/t11-,12+/m1/s1. The van der Waals surface area contributed by atoms with Gasteiger partial charge in [-0.25, -0.2) is 4.79 Å². The number of nitrogens with one attached hydrogen (secondary N) is 1. The zero-order valence-electron chi connectivity index (χ0n) is 11.3. The quantitative estimate of drug-likeness (QED) is 0.801. The van der Waals surface area contributed by atoms with Gasteiger partial charge in [0.15, 0.2) is 0 Å². The van der Waals surface area contributed by atoms with Gasteiger partial charge in [-0.1, -0.05) is 32.1 Å². The highest BCUT2D eigenvalue weighted by Gasteiger charge is 2.44. The average molecular weight is 239 g/mol. The van der Waals surface area contributed by atoms with Crippen molar-refractivity contribution < 1.29 is 9.53 Å². The highest BCUT2D eigenvalue weighted by molar-refractivity contribution is 5.68. The third kappa shape index (κ3) is 3.90. The molecule has 0 aliphatic heterocycles. The molecule has 0 bridgehead atoms. The van der Waals surface area contributed by atoms with E-state index in [0.29, 0.717) is 6.04 Å². The minimum atomic E-state index is -0.390. The first kappa shape index (κ1) is 12.7. The van der Waals surface area contributed by atoms with Gasteiger partial charge in [-0.3, -0.25) is 0 Å². The first-order chi connectivity index (χ1) is 7.96. The largest absolute Gasteiger partial charge is 0.444 e. The molecular weight excluding hydrogens is 214 g/mol. The summed E-state index contributed by atoms with van der Waals surface area (Å²) in [6, 6.07) is 0.382. The smallest absolute Gasteiger partial charge is 0.407 e. The summed E-state index contributed by atoms with van der Waals surface area (Å²) in [6.45, 7) is 5.70. The summed E-state index contributed by atoms with van der Waals surface area (Å²) in [7, 11) is 0. The molecular formula is C14H25NO2. The van der Waals surface area contributed by atoms with Crippen molar-refractivity contribution in [1.82, 2.24) is 5.32 Å². The molecule has 2 atom stereocenters. The van der Waals surface area contributed by atoms with Crippen LogP contribution in [0.15, 0.2) is 0 Å². The van der Waals surface area contributed by atoms with Gasteiger partial charge in [0.1, 0.15) is 5.60 Å². The molecule has 1 N–H and O–H groups in total. The molecule has 2 fully saturated rings. The van der Waals surface area contributed by atoms with E-state index in [-0.39, 0.29) is 11.7 Å². The molecule has 0 radical (unpaired) electrons. The summed E-state index contributed by atoms with van der Waals surface area (Å²) in [5, 5.41) is 3.00. The maximum absolute atomic E-state index is 11.6. The molecule has 2 aliphatic carbocycles. The van der Waals surface area contributed by atoms with Gasteiger partial charge in [0.2, 0.25) is 0 Å². The third-order valence-electron chi connectivity index (χ3n) is 3.80. The highest BCUT2D eigenvalue weighted by atomic mass is 16.6. The summed E-state index contributed by atoms with van der Waals surface area (Å²) < 4.78 is 5.27. The lowest BCUT2D eigenvalue weighted by Gasteiger charge is -2.22. The zero-order valence-corrected chi connectivity index (χ0v) is 11.3. The van der Waals surface area contributed by atoms with Gasteiger partial charge < -0.3 is 10.1 Å². The molecule has 3 nitrogen and oxygen atoms in total. The first-order valence-corrected chi connectivity index (χ1v) is 6.95. The minimum absolute atomic E-state index is 0.249. The maximum atomic E-state index is 11.6. The van der Waals surface area contributed by atoms with Gasteiger partial charge in [0.25, 0.3) is 0 Å². The molecule has 17 heavy (non-hydrogen) atoms. The van der Waals surface area contributed by atoms with Gasteiger partial charge in [-0.15, -0.1) is 0 Å². The Bertz CT molecular complexity index is 276. The van der Waals surface area contributed by atoms with E-state index in [4.69, 9.17) is 4.74 Å². The van der Waals surface area contributed by atoms with E-state index in [9.17, 15) is 4.79 Å². The lowest BCUT2D eigenvalue weighted by Crippen LogP contribution is -2.34. The zero-order chi connectivity index (χ0) is 12.5. The van der Waals surface area contributed by atoms with Crippen molar-refractivity contribution in [1.29, 1.82) is 0 Å². The molecule has 0 aromatic heterocycles. The number of carbonyl (C=O) groups excluding carboxylic acids is 1. The van der Waals surface area contributed by atoms with E-state index in [0.717, 1.165) is 18.3 Å². The van der Waals surface area contributed by atoms with Gasteiger partial charge in [-0.2, -0.15) is 0 Å². The second kappa shape index (κ2) is 4.87. The molecule has 98 valence electrons. The fourth-order valence-electron chi connectivity index (χ4n) is 2.92. The fourth-order valence-corrected chi connectivity index (χ4v) is 2.92. The van der Waals surface area contributed by atoms with Gasteiger partial charge in [-0.05, 0) is 39.0 Å². The summed E-state index contributed by atoms with van der Waals surface area (Å²) in [5.74, 6) is 1.58. The van der Waals surface area contributed by atoms with E-state index < -0.39 is 0 Å². The van der Waals surface area contributed by atoms with E-state index in [1.54, 1.807) is 0 Å². The Morgan fingerprint density at radius 1 is 1.18 bits per heavy atom. The number of rotatable bonds is 2. The molecule has 3 heteroatoms. The molecule has 0 unspecified atom stereocenters. The first-order valence-electron chi connectivity index (χ1n) is 6.95. The molecule has 0 saturated heterocycles. The van der Waals surface area contributed by atoms with Crippen molar-refractivity contribution in [3.05, 3.63) is 0 Å². The van der Waals surface area contributed by atoms with Crippen LogP contribution in [0.5, 0.6) is 0 Å². The molecule has 0 aromatic rings. The lowest BCUT2D eigenvalue weighted by molar-refractivity contribution is 0.0518. The average Bonchev–Trinajstić information content (AvgIpc) is 2.95. The van der Waals surface area contributed by atoms with Crippen molar-refractivity contribution in [3.63, 3.8) is 0 Å². The Kier molecular flexibility index (Phi) is 3.64. The molecule has 2 rings (SSSR count). The molecule has 2 saturated carbocycles. The van der Waals surface area contributed by atoms with E-state index in [1.807, 2.05) is 20.8 Å². The number of alkyl carbamates (subject to hydrolysis) is 1. The highest BCUT2D eigenvalue weighted by Crippen LogP contribution is 2.44. The van der Waals surface area contributed by atoms with Gasteiger partial charge in [0.05, 0.1) is 0 Å². The maximum Gasteiger partial charge on any atom is 0.407 e. The van der Waals surface area contributed by atoms with Gasteiger partial charge in [0, 0.05) is 6.04 Å². The van der Waals surface area contributed by atoms with Crippen molar-refractivity contribution in [2.45, 2.75) is 70.9 Å². The van der Waals surface area contributed by atoms with Crippen LogP contribution < -0.4 is 5.32 Å². The van der Waals surface area contributed by atoms with Crippen molar-refractivity contribution in [3.8, 4) is 0 Å². The molecule has 0 aromatic carbocycles. The van der Waals surface area contributed by atoms with Crippen LogP contribution in [-0.2, 0) is 4.74 Å². The Labute approximate surface area is 104 Å². The second-order valence-corrected chi connectivity index (χ2v) is 6.55. The van der Waals surface area contributed by atoms with Crippen LogP contribution in [0, 0.1) is 11.8 Å². The number of carbonyl (C=O) groups is 1. The molecule has 0 heterocycles. The van der Waals surface area contributed by atoms with Crippen LogP contribution in [0.1, 0.15) is 59.3 Å². The molecule has 0 spiro atoms. The Hall–Kier alpha value is -0.730. The van der Waals surface area contributed by atoms with Crippen molar-refractivity contribution in [2.75, 3.05) is 0 Å². The van der Waals surface area contributed by atoms with E-state index >= 15 is 0 Å². The molecule has 1 amide bonds. The second-order valence-electron chi connectivity index (χ2n) is 6.55. The van der Waals surface area contributed by atoms with Crippen LogP contribution in [0.2, 0.25) is 0 Å². The van der Waals surface area contributed by atoms with Crippen LogP contribution in [-0.4, -0.2) is 17.7 Å². The Morgan fingerprint density at radius 2 is 1.82 bits per heavy atom. The number of hydrogen-bond donors (Lipinski definition) is 1. The third-order valence-corrected chi connectivity index (χ3v) is 3.80. The molecule has 2 aliphatic rings. The number of ether oxygens (including phenoxy) is 1. The van der Waals surface area contributed by atoms with E-state index in [1.165, 1.54) is 32.1 Å². The summed E-state index contributed by atoms with van der Waals surface area (Å²) in [4.78, 5) is 11.6. The fraction of sp³-hybridized carbons (Fsp3) is 0.929. The number of hydrogen-bond acceptors (Lipinski definition) is 2. The summed E-state index contributed by atoms with van der Waals surface area (Å²) in [5.41, 5.74) is -0.390. The summed E-state index contributed by atoms with van der Waals surface area (Å²) >= 11 is 0. The predicted octanol–water partition coefficient (Wildman–Crippen LogP) is 3.48. The van der Waals surface area contributed by atoms with Crippen LogP contribution in [0.4, 0.5) is 4.79 Å². The van der Waals surface area contributed by atoms with Crippen molar-refractivity contribution >= 4 is 6.09 Å². The predicted molar refractivity (Wildman–Crippen MR) is 67.8 cm³/mol.